The molecule has 11 nitrogen and oxygen atoms in total. The van der Waals surface area contributed by atoms with Gasteiger partial charge in [-0.3, -0.25) is 14.4 Å². The van der Waals surface area contributed by atoms with Crippen molar-refractivity contribution >= 4 is 23.9 Å². The second-order valence-electron chi connectivity index (χ2n) is 12.8. The van der Waals surface area contributed by atoms with Gasteiger partial charge in [-0.15, -0.1) is 0 Å². The van der Waals surface area contributed by atoms with Crippen LogP contribution in [0.3, 0.4) is 0 Å². The highest BCUT2D eigenvalue weighted by Gasteiger charge is 2.79. The molecule has 0 unspecified atom stereocenters. The van der Waals surface area contributed by atoms with Crippen LogP contribution >= 0.6 is 0 Å². The summed E-state index contributed by atoms with van der Waals surface area (Å²) in [6.07, 6.45) is 0.502. The number of aliphatic hydroxyl groups is 1. The van der Waals surface area contributed by atoms with E-state index in [9.17, 15) is 24.3 Å². The third kappa shape index (κ3) is 3.88. The maximum Gasteiger partial charge on any atom is 0.331 e. The fraction of sp³-hybridized carbons (Fsp3) is 0.613. The Balaban J connectivity index is 1.81. The van der Waals surface area contributed by atoms with Crippen LogP contribution in [0.25, 0.3) is 0 Å². The summed E-state index contributed by atoms with van der Waals surface area (Å²) in [7, 11) is 1.28. The average molecular weight is 587 g/mol. The number of rotatable bonds is 5. The second-order valence-corrected chi connectivity index (χ2v) is 12.8. The van der Waals surface area contributed by atoms with E-state index in [1.54, 1.807) is 19.9 Å². The van der Waals surface area contributed by atoms with Crippen LogP contribution in [0.1, 0.15) is 73.0 Å². The summed E-state index contributed by atoms with van der Waals surface area (Å²) in [6.45, 7) is 11.6. The van der Waals surface area contributed by atoms with Gasteiger partial charge >= 0.3 is 23.9 Å². The number of furan rings is 1. The summed E-state index contributed by atoms with van der Waals surface area (Å²) >= 11 is 0. The van der Waals surface area contributed by atoms with Crippen molar-refractivity contribution in [3.63, 3.8) is 0 Å². The number of hydrogen-bond donors (Lipinski definition) is 1. The van der Waals surface area contributed by atoms with Crippen LogP contribution in [-0.2, 0) is 42.9 Å². The Bertz CT molecular complexity index is 1390. The van der Waals surface area contributed by atoms with Crippen molar-refractivity contribution in [2.45, 2.75) is 91.3 Å². The molecular weight excluding hydrogens is 548 g/mol. The predicted octanol–water partition coefficient (Wildman–Crippen LogP) is 3.71. The van der Waals surface area contributed by atoms with Crippen molar-refractivity contribution in [1.29, 1.82) is 0 Å². The zero-order valence-electron chi connectivity index (χ0n) is 25.1. The predicted molar refractivity (Wildman–Crippen MR) is 144 cm³/mol. The Morgan fingerprint density at radius 3 is 2.31 bits per heavy atom. The summed E-state index contributed by atoms with van der Waals surface area (Å²) in [4.78, 5) is 50.8. The molecule has 1 N–H and O–H groups in total. The molecule has 4 aliphatic rings. The first-order valence-corrected chi connectivity index (χ1v) is 14.0. The van der Waals surface area contributed by atoms with Crippen LogP contribution in [0, 0.1) is 22.2 Å². The molecule has 1 saturated heterocycles. The average Bonchev–Trinajstić information content (AvgIpc) is 3.51. The van der Waals surface area contributed by atoms with E-state index in [2.05, 4.69) is 0 Å². The molecule has 3 heterocycles. The van der Waals surface area contributed by atoms with Gasteiger partial charge in [-0.1, -0.05) is 20.8 Å². The quantitative estimate of drug-likeness (QED) is 0.398. The first-order valence-electron chi connectivity index (χ1n) is 14.0. The van der Waals surface area contributed by atoms with E-state index in [4.69, 9.17) is 28.1 Å². The molecule has 42 heavy (non-hydrogen) atoms. The van der Waals surface area contributed by atoms with Crippen LogP contribution in [0.4, 0.5) is 0 Å². The van der Waals surface area contributed by atoms with Crippen molar-refractivity contribution in [3.8, 4) is 0 Å². The molecule has 11 heteroatoms. The highest BCUT2D eigenvalue weighted by atomic mass is 16.6. The molecule has 0 spiro atoms. The fourth-order valence-corrected chi connectivity index (χ4v) is 8.27. The van der Waals surface area contributed by atoms with E-state index in [0.29, 0.717) is 16.7 Å². The molecule has 0 aromatic carbocycles. The van der Waals surface area contributed by atoms with E-state index < -0.39 is 76.1 Å². The molecule has 1 aromatic rings. The lowest BCUT2D eigenvalue weighted by atomic mass is 9.44. The number of hydrogen-bond acceptors (Lipinski definition) is 11. The maximum absolute atomic E-state index is 13.3. The standard InChI is InChI=1S/C31H38O11/c1-15-19-11-24(35)42-26(18-9-10-38-14-18)29(19,6)27(40-17(3)33)31(36)25(15)41-22-13-21(39-16(2)32)28(4,5)20(30(22,31)7)12-23(34)37-8/h9-11,14,20-22,26-27,36H,12-13H2,1-8H3/t20-,21+,22-,26-,27+,29+,30+,31-/m0/s1. The molecule has 0 radical (unpaired) electrons. The molecule has 1 saturated carbocycles. The van der Waals surface area contributed by atoms with Crippen molar-refractivity contribution in [1.82, 2.24) is 0 Å². The lowest BCUT2D eigenvalue weighted by Gasteiger charge is -2.61. The molecule has 2 aliphatic heterocycles. The second kappa shape index (κ2) is 9.72. The Morgan fingerprint density at radius 1 is 1.07 bits per heavy atom. The number of ether oxygens (including phenoxy) is 5. The summed E-state index contributed by atoms with van der Waals surface area (Å²) in [6, 6.07) is 1.65. The van der Waals surface area contributed by atoms with Gasteiger partial charge in [-0.2, -0.15) is 0 Å². The molecule has 5 rings (SSSR count). The maximum atomic E-state index is 13.3. The van der Waals surface area contributed by atoms with E-state index in [0.717, 1.165) is 0 Å². The van der Waals surface area contributed by atoms with Crippen molar-refractivity contribution < 1.29 is 52.4 Å². The number of esters is 4. The highest BCUT2D eigenvalue weighted by Crippen LogP contribution is 2.71. The Hall–Kier alpha value is -3.60. The van der Waals surface area contributed by atoms with Gasteiger partial charge in [-0.25, -0.2) is 4.79 Å². The van der Waals surface area contributed by atoms with E-state index in [-0.39, 0.29) is 18.6 Å². The zero-order chi connectivity index (χ0) is 31.0. The Morgan fingerprint density at radius 2 is 1.74 bits per heavy atom. The highest BCUT2D eigenvalue weighted by molar-refractivity contribution is 5.86. The van der Waals surface area contributed by atoms with E-state index in [1.807, 2.05) is 20.8 Å². The number of carbonyl (C=O) groups excluding carboxylic acids is 4. The molecule has 1 aromatic heterocycles. The lowest BCUT2D eigenvalue weighted by molar-refractivity contribution is -0.244. The first kappa shape index (κ1) is 29.9. The van der Waals surface area contributed by atoms with E-state index in [1.165, 1.54) is 39.6 Å². The number of allylic oxidation sites excluding steroid dienone is 1. The number of carbonyl (C=O) groups is 4. The first-order chi connectivity index (χ1) is 19.5. The van der Waals surface area contributed by atoms with Gasteiger partial charge in [-0.05, 0) is 37.0 Å². The molecule has 0 bridgehead atoms. The van der Waals surface area contributed by atoms with E-state index >= 15 is 0 Å². The number of fused-ring (bicyclic) bond motifs is 4. The van der Waals surface area contributed by atoms with Crippen LogP contribution in [0.5, 0.6) is 0 Å². The largest absolute Gasteiger partial charge is 0.490 e. The third-order valence-corrected chi connectivity index (χ3v) is 10.3. The lowest BCUT2D eigenvalue weighted by Crippen LogP contribution is -2.71. The minimum absolute atomic E-state index is 0.139. The van der Waals surface area contributed by atoms with Gasteiger partial charge in [0.1, 0.15) is 24.1 Å². The Kier molecular flexibility index (Phi) is 6.91. The topological polar surface area (TPSA) is 148 Å². The normalized spacial score (nSPS) is 38.2. The smallest absolute Gasteiger partial charge is 0.331 e. The van der Waals surface area contributed by atoms with Gasteiger partial charge in [0, 0.05) is 49.2 Å². The van der Waals surface area contributed by atoms with Crippen LogP contribution in [-0.4, -0.2) is 60.0 Å². The van der Waals surface area contributed by atoms with Gasteiger partial charge in [0.2, 0.25) is 0 Å². The third-order valence-electron chi connectivity index (χ3n) is 10.3. The molecule has 8 atom stereocenters. The number of methoxy groups -OCH3 is 1. The van der Waals surface area contributed by atoms with Crippen molar-refractivity contribution in [3.05, 3.63) is 47.1 Å². The number of cyclic esters (lactones) is 1. The molecule has 0 amide bonds. The minimum Gasteiger partial charge on any atom is -0.490 e. The molecule has 228 valence electrons. The van der Waals surface area contributed by atoms with Crippen molar-refractivity contribution in [2.24, 2.45) is 22.2 Å². The van der Waals surface area contributed by atoms with Gasteiger partial charge in [0.25, 0.3) is 0 Å². The van der Waals surface area contributed by atoms with Gasteiger partial charge in [0.15, 0.2) is 11.7 Å². The fourth-order valence-electron chi connectivity index (χ4n) is 8.27. The molecule has 2 fully saturated rings. The summed E-state index contributed by atoms with van der Waals surface area (Å²) in [5, 5.41) is 13.3. The summed E-state index contributed by atoms with van der Waals surface area (Å²) in [5.74, 6) is -2.84. The van der Waals surface area contributed by atoms with Crippen molar-refractivity contribution in [2.75, 3.05) is 7.11 Å². The minimum atomic E-state index is -2.01. The van der Waals surface area contributed by atoms with Gasteiger partial charge < -0.3 is 33.2 Å². The SMILES string of the molecule is COC(=O)C[C@H]1C(C)(C)[C@H](OC(C)=O)C[C@@H]2OC3=C(C)C4=CC(=O)O[C@@H](c5ccoc5)[C@]4(C)[C@@H](OC(C)=O)[C@]3(O)[C@@]21C. The Labute approximate surface area is 244 Å². The molecule has 2 aliphatic carbocycles. The monoisotopic (exact) mass is 586 g/mol. The van der Waals surface area contributed by atoms with Crippen LogP contribution in [0.2, 0.25) is 0 Å². The molecular formula is C31H38O11. The summed E-state index contributed by atoms with van der Waals surface area (Å²) in [5.41, 5.74) is -3.98. The zero-order valence-corrected chi connectivity index (χ0v) is 25.1. The summed E-state index contributed by atoms with van der Waals surface area (Å²) < 4.78 is 34.7. The van der Waals surface area contributed by atoms with Gasteiger partial charge in [0.05, 0.1) is 25.1 Å². The van der Waals surface area contributed by atoms with Crippen LogP contribution in [0.15, 0.2) is 46.0 Å². The van der Waals surface area contributed by atoms with Crippen LogP contribution < -0.4 is 0 Å².